The molecule has 1 aliphatic heterocycles. The number of nitro groups is 1. The minimum absolute atomic E-state index is 0.0764. The molecule has 0 radical (unpaired) electrons. The van der Waals surface area contributed by atoms with Crippen LogP contribution in [0.5, 0.6) is 0 Å². The monoisotopic (exact) mass is 423 g/mol. The smallest absolute Gasteiger partial charge is 0.271 e. The quantitative estimate of drug-likeness (QED) is 0.444. The molecule has 0 spiro atoms. The Hall–Kier alpha value is -3.19. The van der Waals surface area contributed by atoms with Crippen molar-refractivity contribution in [3.63, 3.8) is 0 Å². The lowest BCUT2D eigenvalue weighted by molar-refractivity contribution is -0.384. The SMILES string of the molecule is O=C1Nc2cc([N+](=O)[O-])ccc2Nc2ccc(Br)c(Cc3ccccc3)c21. The average molecular weight is 424 g/mol. The van der Waals surface area contributed by atoms with Gasteiger partial charge in [0.2, 0.25) is 0 Å². The highest BCUT2D eigenvalue weighted by molar-refractivity contribution is 9.10. The van der Waals surface area contributed by atoms with Crippen LogP contribution in [0.15, 0.2) is 65.1 Å². The Balaban J connectivity index is 1.80. The number of nitro benzene ring substituents is 1. The van der Waals surface area contributed by atoms with Gasteiger partial charge in [0.05, 0.1) is 27.5 Å². The Bertz CT molecular complexity index is 1070. The lowest BCUT2D eigenvalue weighted by Crippen LogP contribution is -2.14. The van der Waals surface area contributed by atoms with Crippen molar-refractivity contribution in [3.8, 4) is 0 Å². The van der Waals surface area contributed by atoms with Crippen molar-refractivity contribution >= 4 is 44.6 Å². The summed E-state index contributed by atoms with van der Waals surface area (Å²) in [5, 5.41) is 17.1. The Labute approximate surface area is 163 Å². The maximum absolute atomic E-state index is 13.0. The molecule has 134 valence electrons. The first-order chi connectivity index (χ1) is 13.0. The number of rotatable bonds is 3. The number of carbonyl (C=O) groups excluding carboxylic acids is 1. The highest BCUT2D eigenvalue weighted by Crippen LogP contribution is 2.38. The minimum atomic E-state index is -0.484. The highest BCUT2D eigenvalue weighted by Gasteiger charge is 2.25. The number of hydrogen-bond acceptors (Lipinski definition) is 4. The second-order valence-corrected chi connectivity index (χ2v) is 7.03. The standard InChI is InChI=1S/C20H14BrN3O3/c21-15-7-9-17-19(14(15)10-12-4-2-1-3-5-12)20(25)23-18-11-13(24(26)27)6-8-16(18)22-17/h1-9,11,22H,10H2,(H,23,25). The predicted octanol–water partition coefficient (Wildman–Crippen LogP) is 5.26. The molecule has 3 aromatic carbocycles. The first kappa shape index (κ1) is 17.2. The molecule has 0 bridgehead atoms. The van der Waals surface area contributed by atoms with Gasteiger partial charge < -0.3 is 10.6 Å². The summed E-state index contributed by atoms with van der Waals surface area (Å²) >= 11 is 3.55. The first-order valence-corrected chi connectivity index (χ1v) is 9.04. The van der Waals surface area contributed by atoms with Crippen molar-refractivity contribution in [3.05, 3.63) is 91.9 Å². The van der Waals surface area contributed by atoms with Gasteiger partial charge in [-0.25, -0.2) is 0 Å². The van der Waals surface area contributed by atoms with Gasteiger partial charge in [-0.3, -0.25) is 14.9 Å². The third-order valence-corrected chi connectivity index (χ3v) is 5.18. The Morgan fingerprint density at radius 2 is 1.67 bits per heavy atom. The van der Waals surface area contributed by atoms with Crippen molar-refractivity contribution in [2.45, 2.75) is 6.42 Å². The normalized spacial score (nSPS) is 12.3. The summed E-state index contributed by atoms with van der Waals surface area (Å²) in [6.07, 6.45) is 0.580. The van der Waals surface area contributed by atoms with Gasteiger partial charge in [0, 0.05) is 16.6 Å². The molecule has 4 rings (SSSR count). The van der Waals surface area contributed by atoms with Gasteiger partial charge >= 0.3 is 0 Å². The Morgan fingerprint density at radius 1 is 0.926 bits per heavy atom. The van der Waals surface area contributed by atoms with Crippen LogP contribution in [0.2, 0.25) is 0 Å². The molecule has 27 heavy (non-hydrogen) atoms. The van der Waals surface area contributed by atoms with Gasteiger partial charge in [-0.15, -0.1) is 0 Å². The number of halogens is 1. The number of benzene rings is 3. The molecular formula is C20H14BrN3O3. The summed E-state index contributed by atoms with van der Waals surface area (Å²) < 4.78 is 0.832. The zero-order valence-electron chi connectivity index (χ0n) is 14.0. The second kappa shape index (κ2) is 6.85. The van der Waals surface area contributed by atoms with Crippen LogP contribution in [0.3, 0.4) is 0 Å². The zero-order chi connectivity index (χ0) is 19.0. The molecule has 7 heteroatoms. The van der Waals surface area contributed by atoms with Gasteiger partial charge in [0.25, 0.3) is 11.6 Å². The molecule has 0 aromatic heterocycles. The number of fused-ring (bicyclic) bond motifs is 2. The molecule has 1 amide bonds. The lowest BCUT2D eigenvalue weighted by atomic mass is 9.97. The number of nitrogens with zero attached hydrogens (tertiary/aromatic N) is 1. The summed E-state index contributed by atoms with van der Waals surface area (Å²) in [7, 11) is 0. The molecule has 0 atom stereocenters. The summed E-state index contributed by atoms with van der Waals surface area (Å²) in [6, 6.07) is 18.0. The van der Waals surface area contributed by atoms with Crippen LogP contribution >= 0.6 is 15.9 Å². The van der Waals surface area contributed by atoms with Crippen molar-refractivity contribution in [2.24, 2.45) is 0 Å². The number of anilines is 3. The van der Waals surface area contributed by atoms with Crippen LogP contribution in [0, 0.1) is 10.1 Å². The van der Waals surface area contributed by atoms with Gasteiger partial charge in [-0.05, 0) is 35.7 Å². The Morgan fingerprint density at radius 3 is 2.41 bits per heavy atom. The molecule has 1 aliphatic rings. The minimum Gasteiger partial charge on any atom is -0.353 e. The van der Waals surface area contributed by atoms with Crippen LogP contribution < -0.4 is 10.6 Å². The van der Waals surface area contributed by atoms with Crippen molar-refractivity contribution in [2.75, 3.05) is 10.6 Å². The fraction of sp³-hybridized carbons (Fsp3) is 0.0500. The molecule has 0 aliphatic carbocycles. The maximum atomic E-state index is 13.0. The molecule has 0 saturated carbocycles. The van der Waals surface area contributed by atoms with Crippen LogP contribution in [0.4, 0.5) is 22.7 Å². The van der Waals surface area contributed by atoms with Gasteiger partial charge in [0.1, 0.15) is 0 Å². The molecule has 0 unspecified atom stereocenters. The fourth-order valence-corrected chi connectivity index (χ4v) is 3.62. The molecule has 1 heterocycles. The van der Waals surface area contributed by atoms with E-state index in [9.17, 15) is 14.9 Å². The molecule has 0 fully saturated rings. The van der Waals surface area contributed by atoms with Gasteiger partial charge in [0.15, 0.2) is 0 Å². The predicted molar refractivity (Wildman–Crippen MR) is 108 cm³/mol. The Kier molecular flexibility index (Phi) is 4.37. The molecule has 6 nitrogen and oxygen atoms in total. The summed E-state index contributed by atoms with van der Waals surface area (Å²) in [5.41, 5.74) is 4.03. The highest BCUT2D eigenvalue weighted by atomic mass is 79.9. The second-order valence-electron chi connectivity index (χ2n) is 6.18. The van der Waals surface area contributed by atoms with E-state index in [0.717, 1.165) is 15.6 Å². The third-order valence-electron chi connectivity index (χ3n) is 4.44. The van der Waals surface area contributed by atoms with Crippen molar-refractivity contribution < 1.29 is 9.72 Å². The van der Waals surface area contributed by atoms with Gasteiger partial charge in [-0.1, -0.05) is 46.3 Å². The van der Waals surface area contributed by atoms with Crippen LogP contribution in [0.25, 0.3) is 0 Å². The van der Waals surface area contributed by atoms with E-state index in [1.54, 1.807) is 6.07 Å². The summed E-state index contributed by atoms with van der Waals surface area (Å²) in [6.45, 7) is 0. The lowest BCUT2D eigenvalue weighted by Gasteiger charge is -2.14. The number of hydrogen-bond donors (Lipinski definition) is 2. The number of amides is 1. The van der Waals surface area contributed by atoms with E-state index in [0.29, 0.717) is 29.0 Å². The summed E-state index contributed by atoms with van der Waals surface area (Å²) in [4.78, 5) is 23.5. The van der Waals surface area contributed by atoms with E-state index in [1.165, 1.54) is 12.1 Å². The topological polar surface area (TPSA) is 84.3 Å². The number of nitrogens with one attached hydrogen (secondary N) is 2. The number of non-ortho nitro benzene ring substituents is 1. The van der Waals surface area contributed by atoms with Crippen molar-refractivity contribution in [1.29, 1.82) is 0 Å². The maximum Gasteiger partial charge on any atom is 0.271 e. The van der Waals surface area contributed by atoms with E-state index in [1.807, 2.05) is 42.5 Å². The van der Waals surface area contributed by atoms with E-state index in [-0.39, 0.29) is 11.6 Å². The fourth-order valence-electron chi connectivity index (χ4n) is 3.15. The zero-order valence-corrected chi connectivity index (χ0v) is 15.6. The van der Waals surface area contributed by atoms with E-state index in [2.05, 4.69) is 26.6 Å². The number of carbonyl (C=O) groups is 1. The van der Waals surface area contributed by atoms with Crippen LogP contribution in [-0.2, 0) is 6.42 Å². The molecule has 3 aromatic rings. The first-order valence-electron chi connectivity index (χ1n) is 8.25. The van der Waals surface area contributed by atoms with E-state index >= 15 is 0 Å². The van der Waals surface area contributed by atoms with Gasteiger partial charge in [-0.2, -0.15) is 0 Å². The molecular weight excluding hydrogens is 410 g/mol. The van der Waals surface area contributed by atoms with Crippen LogP contribution in [0.1, 0.15) is 21.5 Å². The van der Waals surface area contributed by atoms with E-state index in [4.69, 9.17) is 0 Å². The van der Waals surface area contributed by atoms with E-state index < -0.39 is 4.92 Å². The summed E-state index contributed by atoms with van der Waals surface area (Å²) in [5.74, 6) is -0.302. The van der Waals surface area contributed by atoms with Crippen molar-refractivity contribution in [1.82, 2.24) is 0 Å². The average Bonchev–Trinajstić information content (AvgIpc) is 2.80. The largest absolute Gasteiger partial charge is 0.353 e. The molecule has 0 saturated heterocycles. The molecule has 2 N–H and O–H groups in total. The third kappa shape index (κ3) is 3.29. The van der Waals surface area contributed by atoms with Crippen LogP contribution in [-0.4, -0.2) is 10.8 Å².